The van der Waals surface area contributed by atoms with Crippen LogP contribution in [0.1, 0.15) is 40.0 Å². The Morgan fingerprint density at radius 3 is 1.88 bits per heavy atom. The van der Waals surface area contributed by atoms with Gasteiger partial charge in [-0.2, -0.15) is 13.2 Å². The largest absolute Gasteiger partial charge is 0.411 e. The van der Waals surface area contributed by atoms with Crippen molar-refractivity contribution in [1.82, 2.24) is 5.32 Å². The molecule has 0 radical (unpaired) electrons. The lowest BCUT2D eigenvalue weighted by Gasteiger charge is -2.32. The molecule has 0 spiro atoms. The zero-order valence-electron chi connectivity index (χ0n) is 10.3. The third-order valence-electron chi connectivity index (χ3n) is 3.04. The van der Waals surface area contributed by atoms with Crippen LogP contribution in [0.5, 0.6) is 0 Å². The van der Waals surface area contributed by atoms with Gasteiger partial charge in [0.25, 0.3) is 0 Å². The molecule has 0 bridgehead atoms. The van der Waals surface area contributed by atoms with Crippen LogP contribution in [-0.4, -0.2) is 31.5 Å². The van der Waals surface area contributed by atoms with Gasteiger partial charge in [-0.25, -0.2) is 0 Å². The van der Waals surface area contributed by atoms with Crippen molar-refractivity contribution < 1.29 is 17.9 Å². The molecule has 0 aliphatic heterocycles. The number of hydrogen-bond donors (Lipinski definition) is 1. The lowest BCUT2D eigenvalue weighted by molar-refractivity contribution is -0.173. The van der Waals surface area contributed by atoms with Crippen LogP contribution < -0.4 is 5.32 Å². The number of ether oxygens (including phenoxy) is 1. The lowest BCUT2D eigenvalue weighted by atomic mass is 9.90. The number of rotatable bonds is 8. The third kappa shape index (κ3) is 6.33. The Bertz CT molecular complexity index is 170. The van der Waals surface area contributed by atoms with Crippen LogP contribution >= 0.6 is 0 Å². The maximum absolute atomic E-state index is 11.8. The number of hydrogen-bond acceptors (Lipinski definition) is 2. The van der Waals surface area contributed by atoms with Crippen LogP contribution in [0.15, 0.2) is 0 Å². The van der Waals surface area contributed by atoms with Crippen molar-refractivity contribution in [3.63, 3.8) is 0 Å². The normalized spacial score (nSPS) is 13.1. The summed E-state index contributed by atoms with van der Waals surface area (Å²) >= 11 is 0. The summed E-state index contributed by atoms with van der Waals surface area (Å²) < 4.78 is 39.8. The van der Waals surface area contributed by atoms with Gasteiger partial charge in [-0.1, -0.05) is 20.8 Å². The van der Waals surface area contributed by atoms with E-state index in [-0.39, 0.29) is 12.1 Å². The molecule has 0 aromatic heterocycles. The second-order valence-corrected chi connectivity index (χ2v) is 3.94. The third-order valence-corrected chi connectivity index (χ3v) is 3.04. The van der Waals surface area contributed by atoms with Crippen molar-refractivity contribution in [3.05, 3.63) is 0 Å². The SMILES string of the molecule is CCC(CC)(CC)NCCOCC(F)(F)F. The molecular weight excluding hydrogens is 219 g/mol. The van der Waals surface area contributed by atoms with Gasteiger partial charge < -0.3 is 10.1 Å². The fourth-order valence-electron chi connectivity index (χ4n) is 1.70. The number of halogens is 3. The van der Waals surface area contributed by atoms with Gasteiger partial charge in [-0.15, -0.1) is 0 Å². The molecule has 0 heterocycles. The minimum atomic E-state index is -4.22. The molecule has 98 valence electrons. The van der Waals surface area contributed by atoms with E-state index in [4.69, 9.17) is 0 Å². The maximum Gasteiger partial charge on any atom is 0.411 e. The van der Waals surface area contributed by atoms with Crippen LogP contribution in [0, 0.1) is 0 Å². The van der Waals surface area contributed by atoms with Crippen molar-refractivity contribution >= 4 is 0 Å². The van der Waals surface area contributed by atoms with Crippen molar-refractivity contribution in [2.45, 2.75) is 51.7 Å². The van der Waals surface area contributed by atoms with Crippen LogP contribution in [0.4, 0.5) is 13.2 Å². The first-order valence-electron chi connectivity index (χ1n) is 5.78. The van der Waals surface area contributed by atoms with Gasteiger partial charge in [0.1, 0.15) is 6.61 Å². The van der Waals surface area contributed by atoms with Crippen LogP contribution in [0.25, 0.3) is 0 Å². The van der Waals surface area contributed by atoms with Gasteiger partial charge in [-0.3, -0.25) is 0 Å². The zero-order chi connectivity index (χ0) is 12.7. The van der Waals surface area contributed by atoms with E-state index in [1.807, 2.05) is 0 Å². The average Bonchev–Trinajstić information content (AvgIpc) is 2.23. The van der Waals surface area contributed by atoms with Gasteiger partial charge in [0, 0.05) is 12.1 Å². The van der Waals surface area contributed by atoms with Gasteiger partial charge in [0.2, 0.25) is 0 Å². The molecular formula is C11H22F3NO. The summed E-state index contributed by atoms with van der Waals surface area (Å²) in [5.74, 6) is 0. The fourth-order valence-corrected chi connectivity index (χ4v) is 1.70. The topological polar surface area (TPSA) is 21.3 Å². The second-order valence-electron chi connectivity index (χ2n) is 3.94. The van der Waals surface area contributed by atoms with Gasteiger partial charge in [-0.05, 0) is 19.3 Å². The lowest BCUT2D eigenvalue weighted by Crippen LogP contribution is -2.45. The van der Waals surface area contributed by atoms with Gasteiger partial charge >= 0.3 is 6.18 Å². The highest BCUT2D eigenvalue weighted by Crippen LogP contribution is 2.18. The Morgan fingerprint density at radius 2 is 1.50 bits per heavy atom. The van der Waals surface area contributed by atoms with E-state index in [1.165, 1.54) is 0 Å². The summed E-state index contributed by atoms with van der Waals surface area (Å²) in [4.78, 5) is 0. The van der Waals surface area contributed by atoms with Crippen molar-refractivity contribution in [2.24, 2.45) is 0 Å². The molecule has 0 aromatic rings. The molecule has 0 aromatic carbocycles. The molecule has 16 heavy (non-hydrogen) atoms. The minimum Gasteiger partial charge on any atom is -0.371 e. The summed E-state index contributed by atoms with van der Waals surface area (Å²) in [6, 6.07) is 0. The van der Waals surface area contributed by atoms with E-state index in [0.29, 0.717) is 6.54 Å². The molecule has 0 unspecified atom stereocenters. The Balaban J connectivity index is 3.71. The molecule has 0 fully saturated rings. The Labute approximate surface area is 95.5 Å². The van der Waals surface area contributed by atoms with Crippen LogP contribution in [0.3, 0.4) is 0 Å². The Kier molecular flexibility index (Phi) is 6.99. The maximum atomic E-state index is 11.8. The van der Waals surface area contributed by atoms with E-state index in [0.717, 1.165) is 19.3 Å². The molecule has 0 aliphatic carbocycles. The smallest absolute Gasteiger partial charge is 0.371 e. The molecule has 0 rings (SSSR count). The summed E-state index contributed by atoms with van der Waals surface area (Å²) in [7, 11) is 0. The molecule has 2 nitrogen and oxygen atoms in total. The minimum absolute atomic E-state index is 0.0432. The molecule has 0 atom stereocenters. The predicted octanol–water partition coefficient (Wildman–Crippen LogP) is 3.12. The number of alkyl halides is 3. The number of nitrogens with one attached hydrogen (secondary N) is 1. The highest BCUT2D eigenvalue weighted by Gasteiger charge is 2.27. The molecule has 0 aliphatic rings. The zero-order valence-corrected chi connectivity index (χ0v) is 10.3. The summed E-state index contributed by atoms with van der Waals surface area (Å²) in [6.07, 6.45) is -1.31. The van der Waals surface area contributed by atoms with Gasteiger partial charge in [0.05, 0.1) is 6.61 Å². The highest BCUT2D eigenvalue weighted by molar-refractivity contribution is 4.83. The first-order chi connectivity index (χ1) is 7.39. The summed E-state index contributed by atoms with van der Waals surface area (Å²) in [5, 5.41) is 3.28. The predicted molar refractivity (Wildman–Crippen MR) is 58.5 cm³/mol. The molecule has 0 saturated heterocycles. The van der Waals surface area contributed by atoms with E-state index >= 15 is 0 Å². The molecule has 0 amide bonds. The highest BCUT2D eigenvalue weighted by atomic mass is 19.4. The van der Waals surface area contributed by atoms with Crippen molar-refractivity contribution in [3.8, 4) is 0 Å². The fraction of sp³-hybridized carbons (Fsp3) is 1.00. The second kappa shape index (κ2) is 7.12. The summed E-state index contributed by atoms with van der Waals surface area (Å²) in [5.41, 5.74) is 0.0432. The quantitative estimate of drug-likeness (QED) is 0.659. The van der Waals surface area contributed by atoms with Crippen LogP contribution in [0.2, 0.25) is 0 Å². The molecule has 0 saturated carbocycles. The monoisotopic (exact) mass is 241 g/mol. The Hall–Kier alpha value is -0.290. The first-order valence-corrected chi connectivity index (χ1v) is 5.78. The Morgan fingerprint density at radius 1 is 1.00 bits per heavy atom. The summed E-state index contributed by atoms with van der Waals surface area (Å²) in [6.45, 7) is 5.64. The first kappa shape index (κ1) is 15.7. The van der Waals surface area contributed by atoms with E-state index < -0.39 is 12.8 Å². The standard InChI is InChI=1S/C11H22F3NO/c1-4-10(5-2,6-3)15-7-8-16-9-11(12,13)14/h15H,4-9H2,1-3H3. The molecule has 5 heteroatoms. The van der Waals surface area contributed by atoms with Crippen molar-refractivity contribution in [1.29, 1.82) is 0 Å². The van der Waals surface area contributed by atoms with Crippen LogP contribution in [-0.2, 0) is 4.74 Å². The van der Waals surface area contributed by atoms with Gasteiger partial charge in [0.15, 0.2) is 0 Å². The molecule has 1 N–H and O–H groups in total. The van der Waals surface area contributed by atoms with E-state index in [9.17, 15) is 13.2 Å². The van der Waals surface area contributed by atoms with E-state index in [1.54, 1.807) is 0 Å². The van der Waals surface area contributed by atoms with E-state index in [2.05, 4.69) is 30.8 Å². The average molecular weight is 241 g/mol. The van der Waals surface area contributed by atoms with Crippen molar-refractivity contribution in [2.75, 3.05) is 19.8 Å².